The molecule has 8 heteroatoms. The first-order valence-electron chi connectivity index (χ1n) is 8.65. The summed E-state index contributed by atoms with van der Waals surface area (Å²) in [7, 11) is 5.41. The van der Waals surface area contributed by atoms with Crippen molar-refractivity contribution in [3.05, 3.63) is 48.0 Å². The number of hydrogen-bond acceptors (Lipinski definition) is 6. The predicted octanol–water partition coefficient (Wildman–Crippen LogP) is 2.96. The van der Waals surface area contributed by atoms with Crippen LogP contribution in [0.25, 0.3) is 5.70 Å². The first-order valence-corrected chi connectivity index (χ1v) is 9.06. The van der Waals surface area contributed by atoms with E-state index in [1.165, 1.54) is 6.07 Å². The third kappa shape index (κ3) is 4.13. The summed E-state index contributed by atoms with van der Waals surface area (Å²) in [4.78, 5) is 3.53. The van der Waals surface area contributed by atoms with Crippen LogP contribution in [-0.2, 0) is 6.42 Å². The van der Waals surface area contributed by atoms with Gasteiger partial charge in [-0.25, -0.2) is 5.84 Å². The third-order valence-electron chi connectivity index (χ3n) is 4.39. The summed E-state index contributed by atoms with van der Waals surface area (Å²) in [6.45, 7) is 6.02. The number of nitrogens with one attached hydrogen (secondary N) is 1. The molecular formula is C20H26N4O3S. The number of rotatable bonds is 6. The highest BCUT2D eigenvalue weighted by Gasteiger charge is 2.22. The van der Waals surface area contributed by atoms with Gasteiger partial charge in [-0.3, -0.25) is 4.90 Å². The van der Waals surface area contributed by atoms with Gasteiger partial charge in [-0.05, 0) is 48.5 Å². The quantitative estimate of drug-likeness (QED) is 0.333. The van der Waals surface area contributed by atoms with Crippen molar-refractivity contribution in [2.75, 3.05) is 31.0 Å². The van der Waals surface area contributed by atoms with Gasteiger partial charge < -0.3 is 25.3 Å². The van der Waals surface area contributed by atoms with Crippen LogP contribution in [0.5, 0.6) is 17.2 Å². The number of phenolic OH excluding ortho intramolecular Hbond substituents is 2. The summed E-state index contributed by atoms with van der Waals surface area (Å²) in [5.41, 5.74) is 5.52. The van der Waals surface area contributed by atoms with Gasteiger partial charge in [0, 0.05) is 25.7 Å². The number of hydrogen-bond donors (Lipinski definition) is 4. The fourth-order valence-electron chi connectivity index (χ4n) is 2.88. The van der Waals surface area contributed by atoms with Crippen LogP contribution < -0.4 is 25.8 Å². The van der Waals surface area contributed by atoms with E-state index in [9.17, 15) is 10.2 Å². The minimum atomic E-state index is -0.106. The van der Waals surface area contributed by atoms with E-state index in [2.05, 4.69) is 12.0 Å². The molecule has 0 saturated heterocycles. The Labute approximate surface area is 170 Å². The van der Waals surface area contributed by atoms with Crippen molar-refractivity contribution < 1.29 is 14.9 Å². The van der Waals surface area contributed by atoms with Gasteiger partial charge >= 0.3 is 0 Å². The number of anilines is 2. The molecule has 0 spiro atoms. The Bertz CT molecular complexity index is 899. The average molecular weight is 403 g/mol. The highest BCUT2D eigenvalue weighted by Crippen LogP contribution is 2.38. The maximum Gasteiger partial charge on any atom is 0.192 e. The molecule has 0 saturated carbocycles. The van der Waals surface area contributed by atoms with E-state index in [0.29, 0.717) is 34.7 Å². The number of nitrogens with zero attached hydrogens (tertiary/aromatic N) is 2. The molecule has 0 atom stereocenters. The maximum absolute atomic E-state index is 10.4. The molecule has 7 nitrogen and oxygen atoms in total. The molecule has 0 amide bonds. The molecule has 0 aliphatic rings. The second-order valence-corrected chi connectivity index (χ2v) is 6.72. The van der Waals surface area contributed by atoms with Crippen LogP contribution in [0.2, 0.25) is 0 Å². The van der Waals surface area contributed by atoms with Gasteiger partial charge in [-0.15, -0.1) is 0 Å². The zero-order valence-corrected chi connectivity index (χ0v) is 17.3. The number of benzene rings is 2. The number of methoxy groups -OCH3 is 1. The fourth-order valence-corrected chi connectivity index (χ4v) is 3.10. The van der Waals surface area contributed by atoms with Crippen LogP contribution >= 0.6 is 12.2 Å². The summed E-state index contributed by atoms with van der Waals surface area (Å²) in [6, 6.07) is 8.51. The minimum Gasteiger partial charge on any atom is -0.508 e. The van der Waals surface area contributed by atoms with E-state index in [1.807, 2.05) is 44.1 Å². The molecule has 0 fully saturated rings. The molecule has 0 radical (unpaired) electrons. The third-order valence-corrected chi connectivity index (χ3v) is 4.69. The predicted molar refractivity (Wildman–Crippen MR) is 118 cm³/mol. The first-order chi connectivity index (χ1) is 13.2. The van der Waals surface area contributed by atoms with Crippen molar-refractivity contribution in [2.24, 2.45) is 5.84 Å². The van der Waals surface area contributed by atoms with Crippen LogP contribution in [-0.4, -0.2) is 36.5 Å². The van der Waals surface area contributed by atoms with Crippen molar-refractivity contribution in [3.8, 4) is 17.2 Å². The van der Waals surface area contributed by atoms with Gasteiger partial charge in [0.1, 0.15) is 17.2 Å². The van der Waals surface area contributed by atoms with Crippen LogP contribution in [0, 0.1) is 0 Å². The Morgan fingerprint density at radius 2 is 1.89 bits per heavy atom. The summed E-state index contributed by atoms with van der Waals surface area (Å²) < 4.78 is 5.41. The van der Waals surface area contributed by atoms with E-state index in [4.69, 9.17) is 22.8 Å². The smallest absolute Gasteiger partial charge is 0.192 e. The van der Waals surface area contributed by atoms with Crippen LogP contribution in [0.4, 0.5) is 11.4 Å². The molecule has 5 N–H and O–H groups in total. The van der Waals surface area contributed by atoms with Gasteiger partial charge in [0.25, 0.3) is 0 Å². The Hall–Kier alpha value is -2.97. The second-order valence-electron chi connectivity index (χ2n) is 6.33. The average Bonchev–Trinajstić information content (AvgIpc) is 2.67. The van der Waals surface area contributed by atoms with Crippen molar-refractivity contribution in [3.63, 3.8) is 0 Å². The van der Waals surface area contributed by atoms with Gasteiger partial charge in [0.2, 0.25) is 0 Å². The number of nitrogens with two attached hydrogens (primary N) is 1. The van der Waals surface area contributed by atoms with Crippen molar-refractivity contribution in [2.45, 2.75) is 13.3 Å². The topological polar surface area (TPSA) is 94.2 Å². The molecule has 0 heterocycles. The normalized spacial score (nSPS) is 10.3. The molecule has 0 unspecified atom stereocenters. The Morgan fingerprint density at radius 1 is 1.21 bits per heavy atom. The number of aromatic hydroxyl groups is 2. The molecule has 2 aromatic rings. The number of aryl methyl sites for hydroxylation is 1. The molecule has 2 rings (SSSR count). The second kappa shape index (κ2) is 8.81. The van der Waals surface area contributed by atoms with E-state index in [-0.39, 0.29) is 16.6 Å². The minimum absolute atomic E-state index is 0.0296. The Balaban J connectivity index is 2.61. The highest BCUT2D eigenvalue weighted by atomic mass is 32.1. The number of thiocarbonyl (C=S) groups is 1. The van der Waals surface area contributed by atoms with Crippen LogP contribution in [0.3, 0.4) is 0 Å². The van der Waals surface area contributed by atoms with Crippen molar-refractivity contribution >= 4 is 34.4 Å². The highest BCUT2D eigenvalue weighted by molar-refractivity contribution is 7.80. The monoisotopic (exact) mass is 402 g/mol. The van der Waals surface area contributed by atoms with Gasteiger partial charge in [-0.1, -0.05) is 13.5 Å². The molecule has 0 aliphatic heterocycles. The van der Waals surface area contributed by atoms with Gasteiger partial charge in [-0.2, -0.15) is 0 Å². The lowest BCUT2D eigenvalue weighted by Gasteiger charge is -2.29. The zero-order chi connectivity index (χ0) is 21.0. The van der Waals surface area contributed by atoms with Gasteiger partial charge in [0.15, 0.2) is 5.11 Å². The Kier molecular flexibility index (Phi) is 6.71. The zero-order valence-electron chi connectivity index (χ0n) is 16.5. The SMILES string of the molecule is C=C(c1cc(CC)c(O)cc1O)N(C(=S)NN)c1ccc(OC)c(N(C)C)c1. The summed E-state index contributed by atoms with van der Waals surface area (Å²) in [6.07, 6.45) is 0.597. The summed E-state index contributed by atoms with van der Waals surface area (Å²) >= 11 is 5.39. The van der Waals surface area contributed by atoms with E-state index >= 15 is 0 Å². The van der Waals surface area contributed by atoms with Crippen molar-refractivity contribution in [1.82, 2.24) is 5.43 Å². The summed E-state index contributed by atoms with van der Waals surface area (Å²) in [5.74, 6) is 6.21. The molecule has 28 heavy (non-hydrogen) atoms. The van der Waals surface area contributed by atoms with Gasteiger partial charge in [0.05, 0.1) is 24.2 Å². The molecule has 150 valence electrons. The first kappa shape index (κ1) is 21.3. The lowest BCUT2D eigenvalue weighted by Crippen LogP contribution is -2.42. The maximum atomic E-state index is 10.4. The van der Waals surface area contributed by atoms with E-state index in [0.717, 1.165) is 5.69 Å². The fraction of sp³-hybridized carbons (Fsp3) is 0.250. The number of ether oxygens (including phenoxy) is 1. The Morgan fingerprint density at radius 3 is 2.43 bits per heavy atom. The molecular weight excluding hydrogens is 376 g/mol. The lowest BCUT2D eigenvalue weighted by atomic mass is 10.0. The largest absolute Gasteiger partial charge is 0.508 e. The molecule has 0 bridgehead atoms. The lowest BCUT2D eigenvalue weighted by molar-refractivity contribution is 0.415. The summed E-state index contributed by atoms with van der Waals surface area (Å²) in [5, 5.41) is 20.6. The molecule has 0 aromatic heterocycles. The van der Waals surface area contributed by atoms with Crippen LogP contribution in [0.1, 0.15) is 18.1 Å². The van der Waals surface area contributed by atoms with E-state index in [1.54, 1.807) is 18.1 Å². The number of hydrazine groups is 1. The van der Waals surface area contributed by atoms with Crippen molar-refractivity contribution in [1.29, 1.82) is 0 Å². The molecule has 0 aliphatic carbocycles. The number of phenols is 2. The standard InChI is InChI=1S/C20H26N4O3S/c1-6-13-9-15(18(26)11-17(13)25)12(2)24(20(28)22-21)14-7-8-19(27-5)16(10-14)23(3)4/h7-11,25-26H,2,6,21H2,1,3-5H3,(H,22,28). The van der Waals surface area contributed by atoms with E-state index < -0.39 is 0 Å². The molecule has 2 aromatic carbocycles. The van der Waals surface area contributed by atoms with Crippen LogP contribution in [0.15, 0.2) is 36.9 Å².